The highest BCUT2D eigenvalue weighted by molar-refractivity contribution is 6.18. The number of carbonyl (C=O) groups is 1. The van der Waals surface area contributed by atoms with Gasteiger partial charge in [-0.15, -0.1) is 0 Å². The number of aliphatic imine (C=N–C) groups is 1. The number of ether oxygens (including phenoxy) is 1. The van der Waals surface area contributed by atoms with Crippen molar-refractivity contribution in [2.24, 2.45) is 4.99 Å². The number of amides is 1. The molecule has 23 heavy (non-hydrogen) atoms. The van der Waals surface area contributed by atoms with Crippen molar-refractivity contribution in [1.82, 2.24) is 0 Å². The molecule has 0 saturated heterocycles. The van der Waals surface area contributed by atoms with Gasteiger partial charge in [-0.05, 0) is 13.0 Å². The molecular weight excluding hydrogens is 290 g/mol. The highest BCUT2D eigenvalue weighted by atomic mass is 16.6. The molecule has 1 aliphatic heterocycles. The number of carbonyl (C=O) groups excluding carboxylic acids is 1. The van der Waals surface area contributed by atoms with E-state index in [2.05, 4.69) is 11.1 Å². The molecule has 1 amide bonds. The Morgan fingerprint density at radius 2 is 1.91 bits per heavy atom. The third kappa shape index (κ3) is 2.67. The fourth-order valence-electron chi connectivity index (χ4n) is 2.57. The van der Waals surface area contributed by atoms with E-state index in [1.54, 1.807) is 13.0 Å². The fourth-order valence-corrected chi connectivity index (χ4v) is 2.57. The lowest BCUT2D eigenvalue weighted by atomic mass is 9.98. The van der Waals surface area contributed by atoms with Crippen LogP contribution in [0.4, 0.5) is 10.5 Å². The monoisotopic (exact) mass is 305 g/mol. The van der Waals surface area contributed by atoms with E-state index in [-0.39, 0.29) is 6.61 Å². The molecule has 5 heteroatoms. The highest BCUT2D eigenvalue weighted by Crippen LogP contribution is 2.31. The van der Waals surface area contributed by atoms with Crippen molar-refractivity contribution < 1.29 is 9.53 Å². The molecule has 0 fully saturated rings. The molecule has 1 aliphatic rings. The summed E-state index contributed by atoms with van der Waals surface area (Å²) < 4.78 is 5.08. The van der Waals surface area contributed by atoms with Crippen LogP contribution in [-0.4, -0.2) is 24.6 Å². The van der Waals surface area contributed by atoms with Crippen LogP contribution in [0, 0.1) is 11.3 Å². The minimum Gasteiger partial charge on any atom is -0.449 e. The minimum atomic E-state index is -0.945. The van der Waals surface area contributed by atoms with Gasteiger partial charge in [-0.3, -0.25) is 0 Å². The number of benzene rings is 2. The Morgan fingerprint density at radius 3 is 2.61 bits per heavy atom. The first kappa shape index (κ1) is 14.8. The Hall–Kier alpha value is -3.13. The van der Waals surface area contributed by atoms with E-state index in [1.807, 2.05) is 48.5 Å². The molecule has 1 heterocycles. The van der Waals surface area contributed by atoms with Gasteiger partial charge in [0.25, 0.3) is 0 Å². The predicted molar refractivity (Wildman–Crippen MR) is 87.4 cm³/mol. The molecule has 5 nitrogen and oxygen atoms in total. The fraction of sp³-hybridized carbons (Fsp3) is 0.167. The van der Waals surface area contributed by atoms with Crippen molar-refractivity contribution in [3.8, 4) is 6.07 Å². The normalized spacial score (nSPS) is 16.1. The Bertz CT molecular complexity index is 793. The smallest absolute Gasteiger partial charge is 0.416 e. The summed E-state index contributed by atoms with van der Waals surface area (Å²) in [4.78, 5) is 18.0. The second kappa shape index (κ2) is 6.32. The van der Waals surface area contributed by atoms with Crippen molar-refractivity contribution in [2.45, 2.75) is 13.1 Å². The van der Waals surface area contributed by atoms with E-state index < -0.39 is 12.3 Å². The molecule has 2 aromatic rings. The average Bonchev–Trinajstić information content (AvgIpc) is 2.61. The molecule has 0 bridgehead atoms. The van der Waals surface area contributed by atoms with E-state index >= 15 is 0 Å². The quantitative estimate of drug-likeness (QED) is 0.854. The van der Waals surface area contributed by atoms with Crippen LogP contribution in [0.5, 0.6) is 0 Å². The maximum atomic E-state index is 12.3. The molecule has 2 aromatic carbocycles. The molecule has 0 unspecified atom stereocenters. The zero-order valence-electron chi connectivity index (χ0n) is 12.6. The summed E-state index contributed by atoms with van der Waals surface area (Å²) in [5.74, 6) is 0. The highest BCUT2D eigenvalue weighted by Gasteiger charge is 2.33. The van der Waals surface area contributed by atoms with E-state index in [4.69, 9.17) is 4.74 Å². The summed E-state index contributed by atoms with van der Waals surface area (Å²) in [6.07, 6.45) is -1.51. The van der Waals surface area contributed by atoms with E-state index in [0.29, 0.717) is 11.4 Å². The predicted octanol–water partition coefficient (Wildman–Crippen LogP) is 3.35. The van der Waals surface area contributed by atoms with Crippen LogP contribution >= 0.6 is 0 Å². The van der Waals surface area contributed by atoms with Crippen LogP contribution in [-0.2, 0) is 4.74 Å². The zero-order chi connectivity index (χ0) is 16.2. The molecule has 0 radical (unpaired) electrons. The summed E-state index contributed by atoms with van der Waals surface area (Å²) in [5.41, 5.74) is 3.04. The number of fused-ring (bicyclic) bond motifs is 1. The number of hydrogen-bond acceptors (Lipinski definition) is 4. The maximum Gasteiger partial charge on any atom is 0.416 e. The lowest BCUT2D eigenvalue weighted by Crippen LogP contribution is -2.43. The molecule has 114 valence electrons. The van der Waals surface area contributed by atoms with Gasteiger partial charge in [-0.1, -0.05) is 48.5 Å². The van der Waals surface area contributed by atoms with Gasteiger partial charge in [0.05, 0.1) is 18.0 Å². The van der Waals surface area contributed by atoms with Gasteiger partial charge in [-0.25, -0.2) is 14.7 Å². The number of rotatable bonds is 2. The van der Waals surface area contributed by atoms with Crippen LogP contribution in [0.1, 0.15) is 18.1 Å². The summed E-state index contributed by atoms with van der Waals surface area (Å²) in [6.45, 7) is 1.97. The van der Waals surface area contributed by atoms with Crippen LogP contribution in [0.15, 0.2) is 59.6 Å². The number of nitrogens with zero attached hydrogens (tertiary/aromatic N) is 3. The largest absolute Gasteiger partial charge is 0.449 e. The lowest BCUT2D eigenvalue weighted by Gasteiger charge is -2.31. The summed E-state index contributed by atoms with van der Waals surface area (Å²) >= 11 is 0. The molecular formula is C18H15N3O2. The van der Waals surface area contributed by atoms with Gasteiger partial charge in [-0.2, -0.15) is 5.26 Å². The molecule has 1 atom stereocenters. The van der Waals surface area contributed by atoms with Crippen molar-refractivity contribution in [1.29, 1.82) is 5.26 Å². The Balaban J connectivity index is 2.15. The van der Waals surface area contributed by atoms with Crippen LogP contribution in [0.3, 0.4) is 0 Å². The van der Waals surface area contributed by atoms with E-state index in [1.165, 1.54) is 4.90 Å². The average molecular weight is 305 g/mol. The van der Waals surface area contributed by atoms with Crippen LogP contribution in [0.25, 0.3) is 0 Å². The molecule has 0 aromatic heterocycles. The number of nitriles is 1. The first-order valence-corrected chi connectivity index (χ1v) is 7.34. The molecule has 0 saturated carbocycles. The number of para-hydroxylation sites is 1. The van der Waals surface area contributed by atoms with Crippen LogP contribution in [0.2, 0.25) is 0 Å². The Labute approximate surface area is 134 Å². The third-order valence-corrected chi connectivity index (χ3v) is 3.54. The van der Waals surface area contributed by atoms with Crippen molar-refractivity contribution in [3.05, 3.63) is 65.7 Å². The van der Waals surface area contributed by atoms with Gasteiger partial charge < -0.3 is 4.74 Å². The van der Waals surface area contributed by atoms with Crippen molar-refractivity contribution in [3.63, 3.8) is 0 Å². The van der Waals surface area contributed by atoms with Crippen molar-refractivity contribution >= 4 is 17.5 Å². The first-order valence-electron chi connectivity index (χ1n) is 7.34. The van der Waals surface area contributed by atoms with Crippen LogP contribution < -0.4 is 4.90 Å². The van der Waals surface area contributed by atoms with Crippen molar-refractivity contribution in [2.75, 3.05) is 11.5 Å². The Kier molecular flexibility index (Phi) is 4.07. The standard InChI is InChI=1S/C18H15N3O2/c1-2-23-18(22)21-15-11-7-6-10-14(15)17(20-16(21)12-19)13-8-4-3-5-9-13/h3-11,16H,2H2,1H3/t16-/m0/s1. The van der Waals surface area contributed by atoms with E-state index in [9.17, 15) is 10.1 Å². The minimum absolute atomic E-state index is 0.241. The SMILES string of the molecule is CCOC(=O)N1c2ccccc2C(c2ccccc2)=N[C@@H]1C#N. The topological polar surface area (TPSA) is 65.7 Å². The van der Waals surface area contributed by atoms with Gasteiger partial charge in [0.2, 0.25) is 6.17 Å². The molecule has 3 rings (SSSR count). The van der Waals surface area contributed by atoms with Gasteiger partial charge in [0.15, 0.2) is 0 Å². The summed E-state index contributed by atoms with van der Waals surface area (Å²) in [5, 5.41) is 9.46. The maximum absolute atomic E-state index is 12.3. The summed E-state index contributed by atoms with van der Waals surface area (Å²) in [6, 6.07) is 19.1. The second-order valence-electron chi connectivity index (χ2n) is 4.93. The molecule has 0 N–H and O–H groups in total. The molecule has 0 spiro atoms. The summed E-state index contributed by atoms with van der Waals surface area (Å²) in [7, 11) is 0. The Morgan fingerprint density at radius 1 is 1.22 bits per heavy atom. The van der Waals surface area contributed by atoms with Gasteiger partial charge in [0.1, 0.15) is 6.07 Å². The number of hydrogen-bond donors (Lipinski definition) is 0. The zero-order valence-corrected chi connectivity index (χ0v) is 12.6. The lowest BCUT2D eigenvalue weighted by molar-refractivity contribution is 0.158. The third-order valence-electron chi connectivity index (χ3n) is 3.54. The number of anilines is 1. The van der Waals surface area contributed by atoms with Gasteiger partial charge >= 0.3 is 6.09 Å². The van der Waals surface area contributed by atoms with E-state index in [0.717, 1.165) is 11.1 Å². The first-order chi connectivity index (χ1) is 11.3. The second-order valence-corrected chi connectivity index (χ2v) is 4.93. The molecule has 0 aliphatic carbocycles. The van der Waals surface area contributed by atoms with Gasteiger partial charge in [0, 0.05) is 11.1 Å².